The lowest BCUT2D eigenvalue weighted by Gasteiger charge is -2.10. The zero-order valence-electron chi connectivity index (χ0n) is 24.5. The Bertz CT molecular complexity index is 2350. The summed E-state index contributed by atoms with van der Waals surface area (Å²) in [4.78, 5) is 0. The van der Waals surface area contributed by atoms with Gasteiger partial charge in [0.15, 0.2) is 0 Å². The monoisotopic (exact) mass is 562 g/mol. The van der Waals surface area contributed by atoms with Gasteiger partial charge < -0.3 is 4.42 Å². The van der Waals surface area contributed by atoms with Crippen LogP contribution >= 0.6 is 0 Å². The van der Waals surface area contributed by atoms with Gasteiger partial charge in [0.05, 0.1) is 0 Å². The molecule has 1 aliphatic rings. The number of benzene rings is 7. The molecule has 0 N–H and O–H groups in total. The molecule has 0 saturated heterocycles. The molecule has 1 heteroatoms. The first-order valence-corrected chi connectivity index (χ1v) is 15.1. The van der Waals surface area contributed by atoms with E-state index in [-0.39, 0.29) is 0 Å². The molecule has 7 aromatic carbocycles. The highest BCUT2D eigenvalue weighted by Crippen LogP contribution is 2.48. The van der Waals surface area contributed by atoms with E-state index in [4.69, 9.17) is 4.42 Å². The van der Waals surface area contributed by atoms with Gasteiger partial charge >= 0.3 is 0 Å². The van der Waals surface area contributed by atoms with Crippen molar-refractivity contribution in [1.82, 2.24) is 0 Å². The van der Waals surface area contributed by atoms with E-state index in [9.17, 15) is 0 Å². The molecule has 0 fully saturated rings. The van der Waals surface area contributed by atoms with Gasteiger partial charge in [-0.25, -0.2) is 0 Å². The van der Waals surface area contributed by atoms with Gasteiger partial charge in [0.1, 0.15) is 11.2 Å². The second kappa shape index (κ2) is 10.6. The molecule has 1 nitrogen and oxygen atoms in total. The Hall–Kier alpha value is -5.66. The highest BCUT2D eigenvalue weighted by atomic mass is 16.3. The third kappa shape index (κ3) is 4.17. The van der Waals surface area contributed by atoms with Crippen molar-refractivity contribution in [2.24, 2.45) is 0 Å². The molecule has 8 aromatic rings. The van der Waals surface area contributed by atoms with Gasteiger partial charge in [0.25, 0.3) is 0 Å². The van der Waals surface area contributed by atoms with Crippen LogP contribution in [0.15, 0.2) is 163 Å². The summed E-state index contributed by atoms with van der Waals surface area (Å²) >= 11 is 0. The quantitative estimate of drug-likeness (QED) is 0.195. The smallest absolute Gasteiger partial charge is 0.143 e. The summed E-state index contributed by atoms with van der Waals surface area (Å²) in [6, 6.07) is 52.6. The molecule has 0 radical (unpaired) electrons. The van der Waals surface area contributed by atoms with Gasteiger partial charge in [0.2, 0.25) is 0 Å². The first-order valence-electron chi connectivity index (χ1n) is 15.1. The zero-order chi connectivity index (χ0) is 29.6. The van der Waals surface area contributed by atoms with Crippen LogP contribution < -0.4 is 0 Å². The summed E-state index contributed by atoms with van der Waals surface area (Å²) in [5.41, 5.74) is 14.4. The molecule has 1 heterocycles. The van der Waals surface area contributed by atoms with Crippen LogP contribution in [-0.4, -0.2) is 0 Å². The van der Waals surface area contributed by atoms with Gasteiger partial charge in [0, 0.05) is 16.3 Å². The predicted octanol–water partition coefficient (Wildman–Crippen LogP) is 12.6. The molecule has 1 aliphatic carbocycles. The van der Waals surface area contributed by atoms with E-state index in [1.807, 2.05) is 19.1 Å². The molecule has 0 atom stereocenters. The Morgan fingerprint density at radius 1 is 0.455 bits per heavy atom. The summed E-state index contributed by atoms with van der Waals surface area (Å²) in [6.07, 6.45) is 1.75. The normalized spacial score (nSPS) is 11.4. The standard InChI is InChI=1S/C40H24O.C3H6/c1-2-12-33-32(11-1)35-15-6-10-29-23-30(24-37(33)39(29)35)28-9-5-8-27(22-28)25-18-20-26(21-19-25)31-14-7-16-36-34-13-3-4-17-38(34)41-40(31)36;1-3-2/h1-24H;3H,1H2,2H3. The van der Waals surface area contributed by atoms with Crippen LogP contribution in [0.5, 0.6) is 0 Å². The van der Waals surface area contributed by atoms with E-state index in [2.05, 4.69) is 140 Å². The lowest BCUT2D eigenvalue weighted by molar-refractivity contribution is 0.670. The highest BCUT2D eigenvalue weighted by molar-refractivity contribution is 6.16. The SMILES string of the molecule is C=CC.c1cc(-c2ccc(-c3cccc4c3oc3ccccc34)cc2)cc(-c2cc3c4c(cccc4c2)-c2ccccc2-3)c1. The number of fused-ring (bicyclic) bond motifs is 6. The van der Waals surface area contributed by atoms with E-state index >= 15 is 0 Å². The molecule has 0 aliphatic heterocycles. The Morgan fingerprint density at radius 3 is 1.86 bits per heavy atom. The third-order valence-electron chi connectivity index (χ3n) is 8.61. The van der Waals surface area contributed by atoms with Crippen molar-refractivity contribution in [1.29, 1.82) is 0 Å². The number of furan rings is 1. The van der Waals surface area contributed by atoms with Crippen LogP contribution in [0, 0.1) is 0 Å². The Morgan fingerprint density at radius 2 is 1.05 bits per heavy atom. The first-order chi connectivity index (χ1) is 21.7. The molecule has 0 unspecified atom stereocenters. The maximum Gasteiger partial charge on any atom is 0.143 e. The number of allylic oxidation sites excluding steroid dienone is 1. The average Bonchev–Trinajstić information content (AvgIpc) is 3.62. The van der Waals surface area contributed by atoms with Crippen molar-refractivity contribution in [3.05, 3.63) is 158 Å². The van der Waals surface area contributed by atoms with E-state index in [1.54, 1.807) is 6.08 Å². The maximum atomic E-state index is 6.29. The highest BCUT2D eigenvalue weighted by Gasteiger charge is 2.21. The van der Waals surface area contributed by atoms with Crippen molar-refractivity contribution in [2.75, 3.05) is 0 Å². The van der Waals surface area contributed by atoms with Crippen LogP contribution in [-0.2, 0) is 0 Å². The average molecular weight is 563 g/mol. The van der Waals surface area contributed by atoms with Crippen LogP contribution in [0.2, 0.25) is 0 Å². The van der Waals surface area contributed by atoms with Gasteiger partial charge in [-0.2, -0.15) is 0 Å². The van der Waals surface area contributed by atoms with Gasteiger partial charge in [-0.05, 0) is 92.0 Å². The van der Waals surface area contributed by atoms with Crippen LogP contribution in [0.1, 0.15) is 6.92 Å². The molecule has 0 amide bonds. The topological polar surface area (TPSA) is 13.1 Å². The Kier molecular flexibility index (Phi) is 6.24. The summed E-state index contributed by atoms with van der Waals surface area (Å²) in [5, 5.41) is 4.97. The summed E-state index contributed by atoms with van der Waals surface area (Å²) in [6.45, 7) is 5.25. The van der Waals surface area contributed by atoms with Crippen LogP contribution in [0.4, 0.5) is 0 Å². The summed E-state index contributed by atoms with van der Waals surface area (Å²) in [7, 11) is 0. The van der Waals surface area contributed by atoms with E-state index < -0.39 is 0 Å². The van der Waals surface area contributed by atoms with Gasteiger partial charge in [-0.1, -0.05) is 127 Å². The number of hydrogen-bond acceptors (Lipinski definition) is 1. The molecule has 0 spiro atoms. The fourth-order valence-corrected chi connectivity index (χ4v) is 6.68. The molecule has 9 rings (SSSR count). The van der Waals surface area contributed by atoms with Crippen molar-refractivity contribution in [3.8, 4) is 55.6 Å². The van der Waals surface area contributed by atoms with Gasteiger partial charge in [-0.15, -0.1) is 6.58 Å². The number of para-hydroxylation sites is 2. The maximum absolute atomic E-state index is 6.29. The fraction of sp³-hybridized carbons (Fsp3) is 0.0233. The largest absolute Gasteiger partial charge is 0.455 e. The minimum Gasteiger partial charge on any atom is -0.455 e. The second-order valence-corrected chi connectivity index (χ2v) is 11.3. The van der Waals surface area contributed by atoms with Crippen molar-refractivity contribution < 1.29 is 4.42 Å². The molecule has 1 aromatic heterocycles. The molecular weight excluding hydrogens is 532 g/mol. The second-order valence-electron chi connectivity index (χ2n) is 11.3. The minimum absolute atomic E-state index is 0.926. The van der Waals surface area contributed by atoms with Crippen LogP contribution in [0.25, 0.3) is 88.3 Å². The summed E-state index contributed by atoms with van der Waals surface area (Å²) in [5.74, 6) is 0. The third-order valence-corrected chi connectivity index (χ3v) is 8.61. The van der Waals surface area contributed by atoms with E-state index in [0.29, 0.717) is 0 Å². The molecule has 0 saturated carbocycles. The van der Waals surface area contributed by atoms with Crippen molar-refractivity contribution >= 4 is 32.7 Å². The number of rotatable bonds is 3. The summed E-state index contributed by atoms with van der Waals surface area (Å²) < 4.78 is 6.29. The Labute approximate surface area is 257 Å². The lowest BCUT2D eigenvalue weighted by atomic mass is 9.93. The molecule has 0 bridgehead atoms. The van der Waals surface area contributed by atoms with Gasteiger partial charge in [-0.3, -0.25) is 0 Å². The van der Waals surface area contributed by atoms with Crippen molar-refractivity contribution in [2.45, 2.75) is 6.92 Å². The fourth-order valence-electron chi connectivity index (χ4n) is 6.68. The lowest BCUT2D eigenvalue weighted by Crippen LogP contribution is -1.85. The van der Waals surface area contributed by atoms with E-state index in [1.165, 1.54) is 55.3 Å². The molecule has 208 valence electrons. The van der Waals surface area contributed by atoms with E-state index in [0.717, 1.165) is 33.1 Å². The Balaban J connectivity index is 0.000000928. The molecule has 44 heavy (non-hydrogen) atoms. The molecular formula is C43H30O. The van der Waals surface area contributed by atoms with Crippen molar-refractivity contribution in [3.63, 3.8) is 0 Å². The zero-order valence-corrected chi connectivity index (χ0v) is 24.5. The first kappa shape index (κ1) is 26.0. The predicted molar refractivity (Wildman–Crippen MR) is 188 cm³/mol. The van der Waals surface area contributed by atoms with Crippen LogP contribution in [0.3, 0.4) is 0 Å². The minimum atomic E-state index is 0.926. The number of hydrogen-bond donors (Lipinski definition) is 0.